The maximum Gasteiger partial charge on any atom is 0.423 e. The van der Waals surface area contributed by atoms with Gasteiger partial charge in [0.2, 0.25) is 0 Å². The zero-order chi connectivity index (χ0) is 23.6. The second-order valence-electron chi connectivity index (χ2n) is 9.08. The third-order valence-corrected chi connectivity index (χ3v) is 6.53. The topological polar surface area (TPSA) is 103 Å². The molecule has 0 amide bonds. The lowest BCUT2D eigenvalue weighted by atomic mass is 10.1. The Hall–Kier alpha value is -1.92. The van der Waals surface area contributed by atoms with Crippen LogP contribution in [0.2, 0.25) is 25.7 Å². The molecule has 2 unspecified atom stereocenters. The minimum absolute atomic E-state index is 0.00223. The van der Waals surface area contributed by atoms with Gasteiger partial charge >= 0.3 is 12.1 Å². The standard InChI is InChI=1S/C19H30F3N3O5Si/c1-11(9-30-14-8-13(14)18(27)28)23-16-12(2)24-25(10-29-6-7-31(3,4)5)17(26)15(16)19(20,21)22/h11,13-14,23H,6-10H2,1-5H3,(H,27,28)/t11-,13?,14?/m0/s1. The molecule has 31 heavy (non-hydrogen) atoms. The number of nitrogens with zero attached hydrogens (tertiary/aromatic N) is 2. The summed E-state index contributed by atoms with van der Waals surface area (Å²) in [5.74, 6) is -1.54. The minimum atomic E-state index is -4.89. The van der Waals surface area contributed by atoms with E-state index >= 15 is 0 Å². The van der Waals surface area contributed by atoms with Gasteiger partial charge in [0, 0.05) is 20.7 Å². The Balaban J connectivity index is 2.12. The SMILES string of the molecule is Cc1nn(COCC[Si](C)(C)C)c(=O)c(C(F)(F)F)c1N[C@@H](C)COC1CC1C(=O)O. The molecule has 2 N–H and O–H groups in total. The molecule has 176 valence electrons. The van der Waals surface area contributed by atoms with Gasteiger partial charge in [-0.2, -0.15) is 18.3 Å². The molecule has 0 bridgehead atoms. The molecule has 0 aliphatic heterocycles. The van der Waals surface area contributed by atoms with Crippen molar-refractivity contribution in [2.24, 2.45) is 5.92 Å². The molecule has 0 saturated heterocycles. The van der Waals surface area contributed by atoms with Crippen molar-refractivity contribution in [3.05, 3.63) is 21.6 Å². The molecule has 1 heterocycles. The number of carbonyl (C=O) groups is 1. The smallest absolute Gasteiger partial charge is 0.423 e. The number of carboxylic acids is 1. The van der Waals surface area contributed by atoms with Crippen LogP contribution in [0.3, 0.4) is 0 Å². The fraction of sp³-hybridized carbons (Fsp3) is 0.737. The highest BCUT2D eigenvalue weighted by molar-refractivity contribution is 6.76. The third-order valence-electron chi connectivity index (χ3n) is 4.82. The lowest BCUT2D eigenvalue weighted by Crippen LogP contribution is -2.35. The number of hydrogen-bond acceptors (Lipinski definition) is 6. The van der Waals surface area contributed by atoms with Crippen LogP contribution in [0.1, 0.15) is 24.6 Å². The number of alkyl halides is 3. The van der Waals surface area contributed by atoms with Crippen LogP contribution in [-0.4, -0.2) is 54.3 Å². The van der Waals surface area contributed by atoms with E-state index in [4.69, 9.17) is 14.6 Å². The molecule has 1 aromatic heterocycles. The average Bonchev–Trinajstić information content (AvgIpc) is 3.39. The van der Waals surface area contributed by atoms with Crippen LogP contribution in [0.5, 0.6) is 0 Å². The summed E-state index contributed by atoms with van der Waals surface area (Å²) in [5.41, 5.74) is -3.02. The molecule has 2 rings (SSSR count). The van der Waals surface area contributed by atoms with Gasteiger partial charge in [-0.25, -0.2) is 4.68 Å². The second-order valence-corrected chi connectivity index (χ2v) is 14.7. The first-order chi connectivity index (χ1) is 14.2. The Kier molecular flexibility index (Phi) is 7.92. The van der Waals surface area contributed by atoms with Gasteiger partial charge in [-0.1, -0.05) is 19.6 Å². The summed E-state index contributed by atoms with van der Waals surface area (Å²) in [7, 11) is -1.38. The molecule has 0 spiro atoms. The number of ether oxygens (including phenoxy) is 2. The molecule has 1 aromatic rings. The van der Waals surface area contributed by atoms with Gasteiger partial charge in [0.1, 0.15) is 12.3 Å². The lowest BCUT2D eigenvalue weighted by Gasteiger charge is -2.22. The van der Waals surface area contributed by atoms with Gasteiger partial charge < -0.3 is 19.9 Å². The van der Waals surface area contributed by atoms with E-state index < -0.39 is 55.1 Å². The van der Waals surface area contributed by atoms with E-state index in [1.807, 2.05) is 0 Å². The van der Waals surface area contributed by atoms with E-state index in [2.05, 4.69) is 30.1 Å². The maximum atomic E-state index is 13.7. The number of aliphatic carboxylic acids is 1. The van der Waals surface area contributed by atoms with E-state index in [1.165, 1.54) is 6.92 Å². The van der Waals surface area contributed by atoms with Crippen LogP contribution in [0.25, 0.3) is 0 Å². The Morgan fingerprint density at radius 3 is 2.55 bits per heavy atom. The maximum absolute atomic E-state index is 13.7. The molecule has 1 aliphatic carbocycles. The van der Waals surface area contributed by atoms with Crippen molar-refractivity contribution in [3.63, 3.8) is 0 Å². The highest BCUT2D eigenvalue weighted by atomic mass is 28.3. The molecule has 12 heteroatoms. The first-order valence-corrected chi connectivity index (χ1v) is 13.8. The predicted molar refractivity (Wildman–Crippen MR) is 111 cm³/mol. The third kappa shape index (κ3) is 7.32. The summed E-state index contributed by atoms with van der Waals surface area (Å²) in [6, 6.07) is 0.216. The first kappa shape index (κ1) is 25.3. The van der Waals surface area contributed by atoms with Crippen molar-refractivity contribution in [2.75, 3.05) is 18.5 Å². The lowest BCUT2D eigenvalue weighted by molar-refractivity contribution is -0.140. The molecule has 3 atom stereocenters. The molecule has 1 fully saturated rings. The Morgan fingerprint density at radius 2 is 2.03 bits per heavy atom. The molecule has 1 saturated carbocycles. The monoisotopic (exact) mass is 465 g/mol. The number of rotatable bonds is 11. The molecule has 1 aliphatic rings. The predicted octanol–water partition coefficient (Wildman–Crippen LogP) is 3.17. The number of hydrogen-bond donors (Lipinski definition) is 2. The Bertz CT molecular complexity index is 854. The van der Waals surface area contributed by atoms with Gasteiger partial charge in [0.05, 0.1) is 30.0 Å². The van der Waals surface area contributed by atoms with Crippen molar-refractivity contribution < 1.29 is 32.5 Å². The van der Waals surface area contributed by atoms with Gasteiger partial charge in [-0.3, -0.25) is 9.59 Å². The quantitative estimate of drug-likeness (QED) is 0.382. The van der Waals surface area contributed by atoms with Crippen LogP contribution in [0.4, 0.5) is 18.9 Å². The van der Waals surface area contributed by atoms with Crippen molar-refractivity contribution >= 4 is 19.7 Å². The highest BCUT2D eigenvalue weighted by Gasteiger charge is 2.44. The van der Waals surface area contributed by atoms with E-state index in [0.29, 0.717) is 17.7 Å². The van der Waals surface area contributed by atoms with Crippen molar-refractivity contribution in [2.45, 2.75) is 71.0 Å². The van der Waals surface area contributed by atoms with Gasteiger partial charge in [-0.05, 0) is 26.3 Å². The largest absolute Gasteiger partial charge is 0.481 e. The summed E-state index contributed by atoms with van der Waals surface area (Å²) in [5, 5.41) is 15.5. The summed E-state index contributed by atoms with van der Waals surface area (Å²) in [6.45, 7) is 9.37. The number of nitrogens with one attached hydrogen (secondary N) is 1. The fourth-order valence-electron chi connectivity index (χ4n) is 2.92. The van der Waals surface area contributed by atoms with E-state index in [1.54, 1.807) is 6.92 Å². The van der Waals surface area contributed by atoms with E-state index in [0.717, 1.165) is 6.04 Å². The molecular weight excluding hydrogens is 435 g/mol. The number of anilines is 1. The van der Waals surface area contributed by atoms with Crippen molar-refractivity contribution in [1.82, 2.24) is 9.78 Å². The number of aromatic nitrogens is 2. The molecule has 0 aromatic carbocycles. The molecule has 0 radical (unpaired) electrons. The van der Waals surface area contributed by atoms with Gasteiger partial charge in [0.15, 0.2) is 0 Å². The first-order valence-electron chi connectivity index (χ1n) is 10.1. The highest BCUT2D eigenvalue weighted by Crippen LogP contribution is 2.35. The Morgan fingerprint density at radius 1 is 1.39 bits per heavy atom. The van der Waals surface area contributed by atoms with Crippen molar-refractivity contribution in [1.29, 1.82) is 0 Å². The normalized spacial score (nSPS) is 19.9. The summed E-state index contributed by atoms with van der Waals surface area (Å²) in [4.78, 5) is 23.4. The zero-order valence-electron chi connectivity index (χ0n) is 18.4. The van der Waals surface area contributed by atoms with Crippen LogP contribution < -0.4 is 10.9 Å². The van der Waals surface area contributed by atoms with E-state index in [-0.39, 0.29) is 19.0 Å². The van der Waals surface area contributed by atoms with Crippen LogP contribution in [0, 0.1) is 12.8 Å². The van der Waals surface area contributed by atoms with E-state index in [9.17, 15) is 22.8 Å². The molecular formula is C19H30F3N3O5Si. The molecule has 8 nitrogen and oxygen atoms in total. The summed E-state index contributed by atoms with van der Waals surface area (Å²) < 4.78 is 52.7. The van der Waals surface area contributed by atoms with Crippen LogP contribution >= 0.6 is 0 Å². The van der Waals surface area contributed by atoms with Gasteiger partial charge in [-0.15, -0.1) is 0 Å². The minimum Gasteiger partial charge on any atom is -0.481 e. The number of halogens is 3. The second kappa shape index (κ2) is 9.70. The zero-order valence-corrected chi connectivity index (χ0v) is 19.4. The fourth-order valence-corrected chi connectivity index (χ4v) is 3.68. The number of carboxylic acid groups (broad SMARTS) is 1. The summed E-state index contributed by atoms with van der Waals surface area (Å²) >= 11 is 0. The van der Waals surface area contributed by atoms with Crippen LogP contribution in [-0.2, 0) is 27.2 Å². The summed E-state index contributed by atoms with van der Waals surface area (Å²) in [6.07, 6.45) is -4.95. The van der Waals surface area contributed by atoms with Crippen LogP contribution in [0.15, 0.2) is 4.79 Å². The number of aryl methyl sites for hydroxylation is 1. The average molecular weight is 466 g/mol. The van der Waals surface area contributed by atoms with Gasteiger partial charge in [0.25, 0.3) is 5.56 Å². The van der Waals surface area contributed by atoms with Crippen molar-refractivity contribution in [3.8, 4) is 0 Å². The Labute approximate surface area is 179 Å².